The molecule has 4 nitrogen and oxygen atoms in total. The van der Waals surface area contributed by atoms with Gasteiger partial charge in [0.05, 0.1) is 0 Å². The van der Waals surface area contributed by atoms with Gasteiger partial charge in [-0.15, -0.1) is 0 Å². The fourth-order valence-corrected chi connectivity index (χ4v) is 2.69. The van der Waals surface area contributed by atoms with Crippen molar-refractivity contribution in [2.75, 3.05) is 7.05 Å². The van der Waals surface area contributed by atoms with Gasteiger partial charge in [0.2, 0.25) is 0 Å². The molecule has 1 aliphatic heterocycles. The first kappa shape index (κ1) is 13.4. The van der Waals surface area contributed by atoms with E-state index < -0.39 is 5.54 Å². The third kappa shape index (κ3) is 1.91. The quantitative estimate of drug-likeness (QED) is 0.859. The highest BCUT2D eigenvalue weighted by Gasteiger charge is 2.52. The van der Waals surface area contributed by atoms with E-state index in [1.54, 1.807) is 0 Å². The predicted molar refractivity (Wildman–Crippen MR) is 79.7 cm³/mol. The summed E-state index contributed by atoms with van der Waals surface area (Å²) in [6.07, 6.45) is 0. The van der Waals surface area contributed by atoms with Gasteiger partial charge in [0.15, 0.2) is 5.54 Å². The van der Waals surface area contributed by atoms with Crippen molar-refractivity contribution in [3.05, 3.63) is 71.3 Å². The normalized spacial score (nSPS) is 21.5. The van der Waals surface area contributed by atoms with E-state index in [0.717, 1.165) is 21.6 Å². The molecule has 0 bridgehead atoms. The van der Waals surface area contributed by atoms with Gasteiger partial charge in [-0.3, -0.25) is 9.69 Å². The Morgan fingerprint density at radius 1 is 0.905 bits per heavy atom. The molecular formula is C17H16N2O2. The van der Waals surface area contributed by atoms with Crippen LogP contribution in [0.5, 0.6) is 0 Å². The van der Waals surface area contributed by atoms with Gasteiger partial charge in [0.1, 0.15) is 0 Å². The van der Waals surface area contributed by atoms with Gasteiger partial charge in [-0.05, 0) is 18.1 Å². The summed E-state index contributed by atoms with van der Waals surface area (Å²) in [5.41, 5.74) is 1.49. The predicted octanol–water partition coefficient (Wildman–Crippen LogP) is 2.42. The molecule has 0 saturated carbocycles. The standard InChI is InChI=1S/C17H16N2O2/c1-12-8-10-14(11-9-12)17(13-6-4-3-5-7-13)15(20)19(2)16(21)18-17/h3-11H,1-2H3,(H,18,21)/t17-/m1/s1. The average Bonchev–Trinajstić information content (AvgIpc) is 2.74. The van der Waals surface area contributed by atoms with E-state index in [1.165, 1.54) is 7.05 Å². The van der Waals surface area contributed by atoms with Gasteiger partial charge in [-0.1, -0.05) is 60.2 Å². The number of carbonyl (C=O) groups excluding carboxylic acids is 2. The van der Waals surface area contributed by atoms with E-state index in [1.807, 2.05) is 61.5 Å². The van der Waals surface area contributed by atoms with Crippen molar-refractivity contribution in [3.63, 3.8) is 0 Å². The Labute approximate surface area is 123 Å². The van der Waals surface area contributed by atoms with E-state index in [9.17, 15) is 9.59 Å². The van der Waals surface area contributed by atoms with Crippen LogP contribution in [0, 0.1) is 6.92 Å². The molecule has 1 atom stereocenters. The molecule has 106 valence electrons. The maximum Gasteiger partial charge on any atom is 0.325 e. The summed E-state index contributed by atoms with van der Waals surface area (Å²) in [5, 5.41) is 2.86. The van der Waals surface area contributed by atoms with Crippen LogP contribution in [0.1, 0.15) is 16.7 Å². The van der Waals surface area contributed by atoms with Crippen LogP contribution in [0.15, 0.2) is 54.6 Å². The first-order chi connectivity index (χ1) is 10.1. The minimum absolute atomic E-state index is 0.262. The molecule has 0 unspecified atom stereocenters. The van der Waals surface area contributed by atoms with Crippen LogP contribution in [0.3, 0.4) is 0 Å². The summed E-state index contributed by atoms with van der Waals surface area (Å²) < 4.78 is 0. The molecule has 1 heterocycles. The van der Waals surface area contributed by atoms with Crippen LogP contribution >= 0.6 is 0 Å². The van der Waals surface area contributed by atoms with Crippen molar-refractivity contribution in [3.8, 4) is 0 Å². The molecule has 1 aliphatic rings. The Kier molecular flexibility index (Phi) is 3.01. The molecule has 0 aromatic heterocycles. The van der Waals surface area contributed by atoms with Crippen molar-refractivity contribution in [1.82, 2.24) is 10.2 Å². The maximum absolute atomic E-state index is 12.8. The van der Waals surface area contributed by atoms with Crippen LogP contribution in [-0.2, 0) is 10.3 Å². The van der Waals surface area contributed by atoms with Crippen LogP contribution in [0.2, 0.25) is 0 Å². The number of carbonyl (C=O) groups is 2. The number of rotatable bonds is 2. The molecule has 3 amide bonds. The van der Waals surface area contributed by atoms with Crippen molar-refractivity contribution in [1.29, 1.82) is 0 Å². The number of hydrogen-bond donors (Lipinski definition) is 1. The number of amides is 3. The molecule has 1 saturated heterocycles. The minimum atomic E-state index is -1.14. The first-order valence-corrected chi connectivity index (χ1v) is 6.78. The number of nitrogens with zero attached hydrogens (tertiary/aromatic N) is 1. The van der Waals surface area contributed by atoms with Gasteiger partial charge in [-0.2, -0.15) is 0 Å². The lowest BCUT2D eigenvalue weighted by Crippen LogP contribution is -2.44. The minimum Gasteiger partial charge on any atom is -0.316 e. The molecule has 0 radical (unpaired) electrons. The number of benzene rings is 2. The molecule has 0 aliphatic carbocycles. The molecular weight excluding hydrogens is 264 g/mol. The van der Waals surface area contributed by atoms with Crippen molar-refractivity contribution in [2.24, 2.45) is 0 Å². The third-order valence-electron chi connectivity index (χ3n) is 3.92. The summed E-state index contributed by atoms with van der Waals surface area (Å²) in [6, 6.07) is 16.6. The van der Waals surface area contributed by atoms with Gasteiger partial charge >= 0.3 is 6.03 Å². The van der Waals surface area contributed by atoms with Crippen molar-refractivity contribution < 1.29 is 9.59 Å². The van der Waals surface area contributed by atoms with Crippen molar-refractivity contribution in [2.45, 2.75) is 12.5 Å². The Bertz CT molecular complexity index is 694. The molecule has 2 aromatic carbocycles. The van der Waals surface area contributed by atoms with Crippen LogP contribution in [-0.4, -0.2) is 23.9 Å². The second-order valence-corrected chi connectivity index (χ2v) is 5.28. The topological polar surface area (TPSA) is 49.4 Å². The highest BCUT2D eigenvalue weighted by Crippen LogP contribution is 2.35. The Morgan fingerprint density at radius 3 is 2.00 bits per heavy atom. The summed E-state index contributed by atoms with van der Waals surface area (Å²) >= 11 is 0. The number of imide groups is 1. The van der Waals surface area contributed by atoms with Crippen molar-refractivity contribution >= 4 is 11.9 Å². The zero-order valence-electron chi connectivity index (χ0n) is 12.0. The lowest BCUT2D eigenvalue weighted by Gasteiger charge is -2.27. The van der Waals surface area contributed by atoms with Gasteiger partial charge < -0.3 is 5.32 Å². The number of nitrogens with one attached hydrogen (secondary N) is 1. The lowest BCUT2D eigenvalue weighted by atomic mass is 9.82. The maximum atomic E-state index is 12.8. The second kappa shape index (κ2) is 4.74. The first-order valence-electron chi connectivity index (χ1n) is 6.78. The molecule has 21 heavy (non-hydrogen) atoms. The third-order valence-corrected chi connectivity index (χ3v) is 3.92. The zero-order chi connectivity index (χ0) is 15.0. The largest absolute Gasteiger partial charge is 0.325 e. The summed E-state index contributed by atoms with van der Waals surface area (Å²) in [4.78, 5) is 25.9. The molecule has 0 spiro atoms. The number of likely N-dealkylation sites (N-methyl/N-ethyl adjacent to an activating group) is 1. The average molecular weight is 280 g/mol. The van der Waals surface area contributed by atoms with Gasteiger partial charge in [-0.25, -0.2) is 4.79 Å². The molecule has 3 rings (SSSR count). The SMILES string of the molecule is Cc1ccc([C@@]2(c3ccccc3)NC(=O)N(C)C2=O)cc1. The summed E-state index contributed by atoms with van der Waals surface area (Å²) in [6.45, 7) is 1.99. The number of urea groups is 1. The molecule has 1 fully saturated rings. The van der Waals surface area contributed by atoms with E-state index in [2.05, 4.69) is 5.32 Å². The summed E-state index contributed by atoms with van der Waals surface area (Å²) in [7, 11) is 1.50. The summed E-state index contributed by atoms with van der Waals surface area (Å²) in [5.74, 6) is -0.262. The number of aryl methyl sites for hydroxylation is 1. The monoisotopic (exact) mass is 280 g/mol. The van der Waals surface area contributed by atoms with Crippen LogP contribution < -0.4 is 5.32 Å². The molecule has 2 aromatic rings. The highest BCUT2D eigenvalue weighted by molar-refractivity contribution is 6.09. The Hall–Kier alpha value is -2.62. The van der Waals surface area contributed by atoms with E-state index >= 15 is 0 Å². The van der Waals surface area contributed by atoms with Crippen LogP contribution in [0.25, 0.3) is 0 Å². The van der Waals surface area contributed by atoms with Crippen LogP contribution in [0.4, 0.5) is 4.79 Å². The lowest BCUT2D eigenvalue weighted by molar-refractivity contribution is -0.129. The zero-order valence-corrected chi connectivity index (χ0v) is 12.0. The fourth-order valence-electron chi connectivity index (χ4n) is 2.69. The Balaban J connectivity index is 2.24. The second-order valence-electron chi connectivity index (χ2n) is 5.28. The smallest absolute Gasteiger partial charge is 0.316 e. The molecule has 4 heteroatoms. The van der Waals surface area contributed by atoms with E-state index in [0.29, 0.717) is 0 Å². The highest BCUT2D eigenvalue weighted by atomic mass is 16.2. The Morgan fingerprint density at radius 2 is 1.48 bits per heavy atom. The van der Waals surface area contributed by atoms with E-state index in [-0.39, 0.29) is 11.9 Å². The van der Waals surface area contributed by atoms with Gasteiger partial charge in [0.25, 0.3) is 5.91 Å². The van der Waals surface area contributed by atoms with Gasteiger partial charge in [0, 0.05) is 7.05 Å². The van der Waals surface area contributed by atoms with E-state index in [4.69, 9.17) is 0 Å². The molecule has 1 N–H and O–H groups in total. The fraction of sp³-hybridized carbons (Fsp3) is 0.176. The number of hydrogen-bond acceptors (Lipinski definition) is 2.